The molecule has 3 heterocycles. The van der Waals surface area contributed by atoms with Crippen LogP contribution in [-0.4, -0.2) is 30.3 Å². The number of carbonyl (C=O) groups is 1. The Kier molecular flexibility index (Phi) is 2.90. The molecule has 0 atom stereocenters. The molecule has 0 fully saturated rings. The molecule has 0 unspecified atom stereocenters. The first-order valence-corrected chi connectivity index (χ1v) is 6.24. The maximum absolute atomic E-state index is 12.2. The summed E-state index contributed by atoms with van der Waals surface area (Å²) in [6.07, 6.45) is 4.85. The van der Waals surface area contributed by atoms with Gasteiger partial charge in [0.1, 0.15) is 5.02 Å². The Hall–Kier alpha value is -2.41. The van der Waals surface area contributed by atoms with E-state index in [-0.39, 0.29) is 10.7 Å². The molecule has 1 N–H and O–H groups in total. The molecule has 0 radical (unpaired) electrons. The lowest BCUT2D eigenvalue weighted by atomic mass is 10.3. The molecular weight excluding hydrogens is 280 g/mol. The zero-order valence-corrected chi connectivity index (χ0v) is 11.6. The van der Waals surface area contributed by atoms with E-state index in [0.29, 0.717) is 11.3 Å². The van der Waals surface area contributed by atoms with Crippen LogP contribution in [0, 0.1) is 6.92 Å². The molecule has 1 amide bonds. The number of fused-ring (bicyclic) bond motifs is 1. The van der Waals surface area contributed by atoms with Crippen molar-refractivity contribution in [2.45, 2.75) is 6.92 Å². The van der Waals surface area contributed by atoms with Crippen LogP contribution in [0.25, 0.3) is 5.65 Å². The number of aromatic nitrogens is 5. The van der Waals surface area contributed by atoms with Crippen LogP contribution in [0.5, 0.6) is 0 Å². The van der Waals surface area contributed by atoms with E-state index in [1.54, 1.807) is 36.4 Å². The number of hydrogen-bond acceptors (Lipinski definition) is 4. The molecule has 20 heavy (non-hydrogen) atoms. The smallest absolute Gasteiger partial charge is 0.277 e. The van der Waals surface area contributed by atoms with Crippen molar-refractivity contribution < 1.29 is 4.79 Å². The molecule has 3 aromatic rings. The van der Waals surface area contributed by atoms with E-state index in [0.717, 1.165) is 5.69 Å². The van der Waals surface area contributed by atoms with Crippen LogP contribution in [0.15, 0.2) is 24.7 Å². The minimum Gasteiger partial charge on any atom is -0.318 e. The predicted octanol–water partition coefficient (Wildman–Crippen LogP) is 1.68. The number of nitrogens with zero attached hydrogens (tertiary/aromatic N) is 5. The number of nitrogens with one attached hydrogen (secondary N) is 1. The van der Waals surface area contributed by atoms with Gasteiger partial charge in [0.25, 0.3) is 5.91 Å². The summed E-state index contributed by atoms with van der Waals surface area (Å²) in [4.78, 5) is 16.3. The number of hydrogen-bond donors (Lipinski definition) is 1. The zero-order chi connectivity index (χ0) is 14.3. The molecule has 8 heteroatoms. The van der Waals surface area contributed by atoms with Crippen LogP contribution in [-0.2, 0) is 7.05 Å². The summed E-state index contributed by atoms with van der Waals surface area (Å²) in [5.74, 6) is -0.392. The Balaban J connectivity index is 1.97. The van der Waals surface area contributed by atoms with Gasteiger partial charge in [-0.25, -0.2) is 9.50 Å². The second-order valence-corrected chi connectivity index (χ2v) is 4.65. The van der Waals surface area contributed by atoms with Crippen LogP contribution in [0.4, 0.5) is 5.69 Å². The Morgan fingerprint density at radius 2 is 2.25 bits per heavy atom. The van der Waals surface area contributed by atoms with Crippen molar-refractivity contribution in [3.05, 3.63) is 41.1 Å². The number of aryl methyl sites for hydroxylation is 1. The molecule has 102 valence electrons. The summed E-state index contributed by atoms with van der Waals surface area (Å²) >= 11 is 6.14. The lowest BCUT2D eigenvalue weighted by Gasteiger charge is -2.02. The van der Waals surface area contributed by atoms with E-state index in [2.05, 4.69) is 20.5 Å². The third kappa shape index (κ3) is 1.92. The summed E-state index contributed by atoms with van der Waals surface area (Å²) < 4.78 is 3.13. The first-order chi connectivity index (χ1) is 9.58. The van der Waals surface area contributed by atoms with Gasteiger partial charge in [0.05, 0.1) is 17.6 Å². The summed E-state index contributed by atoms with van der Waals surface area (Å²) in [6, 6.07) is 1.71. The van der Waals surface area contributed by atoms with Crippen LogP contribution in [0.3, 0.4) is 0 Å². The first-order valence-electron chi connectivity index (χ1n) is 5.86. The van der Waals surface area contributed by atoms with E-state index in [1.165, 1.54) is 4.52 Å². The number of carbonyl (C=O) groups excluding carboxylic acids is 1. The van der Waals surface area contributed by atoms with Crippen LogP contribution in [0.1, 0.15) is 16.2 Å². The highest BCUT2D eigenvalue weighted by atomic mass is 35.5. The van der Waals surface area contributed by atoms with Gasteiger partial charge in [-0.15, -0.1) is 0 Å². The Bertz CT molecular complexity index is 805. The third-order valence-corrected chi connectivity index (χ3v) is 3.39. The van der Waals surface area contributed by atoms with Crippen molar-refractivity contribution in [3.8, 4) is 0 Å². The largest absolute Gasteiger partial charge is 0.318 e. The topological polar surface area (TPSA) is 77.1 Å². The molecule has 0 spiro atoms. The van der Waals surface area contributed by atoms with Crippen molar-refractivity contribution in [2.75, 3.05) is 5.32 Å². The molecule has 3 rings (SSSR count). The Morgan fingerprint density at radius 1 is 1.45 bits per heavy atom. The highest BCUT2D eigenvalue weighted by molar-refractivity contribution is 6.37. The average molecular weight is 291 g/mol. The van der Waals surface area contributed by atoms with E-state index in [4.69, 9.17) is 11.6 Å². The molecule has 7 nitrogen and oxygen atoms in total. The molecule has 0 bridgehead atoms. The summed E-state index contributed by atoms with van der Waals surface area (Å²) in [5.41, 5.74) is 2.05. The van der Waals surface area contributed by atoms with Gasteiger partial charge >= 0.3 is 0 Å². The van der Waals surface area contributed by atoms with E-state index in [1.807, 2.05) is 6.92 Å². The quantitative estimate of drug-likeness (QED) is 0.779. The number of anilines is 1. The van der Waals surface area contributed by atoms with Gasteiger partial charge in [0.15, 0.2) is 11.3 Å². The van der Waals surface area contributed by atoms with Crippen LogP contribution < -0.4 is 5.32 Å². The highest BCUT2D eigenvalue weighted by Crippen LogP contribution is 2.21. The molecular formula is C12H11ClN6O. The normalized spacial score (nSPS) is 10.9. The summed E-state index contributed by atoms with van der Waals surface area (Å²) in [6.45, 7) is 1.86. The fourth-order valence-corrected chi connectivity index (χ4v) is 2.07. The van der Waals surface area contributed by atoms with Gasteiger partial charge in [0, 0.05) is 19.4 Å². The fraction of sp³-hybridized carbons (Fsp3) is 0.167. The van der Waals surface area contributed by atoms with E-state index < -0.39 is 5.91 Å². The van der Waals surface area contributed by atoms with E-state index >= 15 is 0 Å². The van der Waals surface area contributed by atoms with Gasteiger partial charge in [0.2, 0.25) is 0 Å². The van der Waals surface area contributed by atoms with Crippen molar-refractivity contribution in [1.82, 2.24) is 24.4 Å². The predicted molar refractivity (Wildman–Crippen MR) is 73.9 cm³/mol. The summed E-state index contributed by atoms with van der Waals surface area (Å²) in [5, 5.41) is 11.2. The SMILES string of the molecule is Cc1c(NC(=O)c2nn3cccnc3c2Cl)cnn1C. The molecule has 0 aliphatic carbocycles. The van der Waals surface area contributed by atoms with Crippen molar-refractivity contribution >= 4 is 28.8 Å². The van der Waals surface area contributed by atoms with Gasteiger partial charge in [-0.3, -0.25) is 9.48 Å². The molecule has 0 saturated carbocycles. The van der Waals surface area contributed by atoms with Crippen LogP contribution >= 0.6 is 11.6 Å². The molecule has 3 aromatic heterocycles. The van der Waals surface area contributed by atoms with Gasteiger partial charge in [-0.05, 0) is 13.0 Å². The zero-order valence-electron chi connectivity index (χ0n) is 10.8. The van der Waals surface area contributed by atoms with Crippen molar-refractivity contribution in [3.63, 3.8) is 0 Å². The number of halogens is 1. The van der Waals surface area contributed by atoms with Crippen molar-refractivity contribution in [2.24, 2.45) is 7.05 Å². The van der Waals surface area contributed by atoms with Gasteiger partial charge in [-0.2, -0.15) is 10.2 Å². The number of amides is 1. The fourth-order valence-electron chi connectivity index (χ4n) is 1.81. The monoisotopic (exact) mass is 290 g/mol. The van der Waals surface area contributed by atoms with Crippen molar-refractivity contribution in [1.29, 1.82) is 0 Å². The lowest BCUT2D eigenvalue weighted by molar-refractivity contribution is 0.102. The van der Waals surface area contributed by atoms with Crippen LogP contribution in [0.2, 0.25) is 5.02 Å². The first kappa shape index (κ1) is 12.6. The maximum Gasteiger partial charge on any atom is 0.277 e. The third-order valence-electron chi connectivity index (χ3n) is 3.04. The Morgan fingerprint density at radius 3 is 2.90 bits per heavy atom. The second kappa shape index (κ2) is 4.61. The molecule has 0 saturated heterocycles. The second-order valence-electron chi connectivity index (χ2n) is 4.27. The lowest BCUT2D eigenvalue weighted by Crippen LogP contribution is -2.13. The number of rotatable bonds is 2. The minimum absolute atomic E-state index is 0.133. The standard InChI is InChI=1S/C12H11ClN6O/c1-7-8(6-15-18(7)2)16-12(20)10-9(13)11-14-4-3-5-19(11)17-10/h3-6H,1-2H3,(H,16,20). The minimum atomic E-state index is -0.392. The Labute approximate surface area is 119 Å². The summed E-state index contributed by atoms with van der Waals surface area (Å²) in [7, 11) is 1.80. The highest BCUT2D eigenvalue weighted by Gasteiger charge is 2.19. The molecule has 0 aliphatic rings. The molecule has 0 aromatic carbocycles. The molecule has 0 aliphatic heterocycles. The average Bonchev–Trinajstić information content (AvgIpc) is 2.94. The van der Waals surface area contributed by atoms with Gasteiger partial charge in [-0.1, -0.05) is 11.6 Å². The van der Waals surface area contributed by atoms with Gasteiger partial charge < -0.3 is 5.32 Å². The maximum atomic E-state index is 12.2. The van der Waals surface area contributed by atoms with E-state index in [9.17, 15) is 4.79 Å².